The third-order valence-corrected chi connectivity index (χ3v) is 3.70. The summed E-state index contributed by atoms with van der Waals surface area (Å²) in [6, 6.07) is 13.6. The molecule has 0 fully saturated rings. The molecule has 0 aliphatic carbocycles. The van der Waals surface area contributed by atoms with Gasteiger partial charge >= 0.3 is 0 Å². The van der Waals surface area contributed by atoms with Crippen molar-refractivity contribution < 1.29 is 13.9 Å². The fraction of sp³-hybridized carbons (Fsp3) is 0.278. The first-order valence-corrected chi connectivity index (χ1v) is 7.41. The lowest BCUT2D eigenvalue weighted by Crippen LogP contribution is -2.39. The molecule has 122 valence electrons. The number of halogens is 1. The van der Waals surface area contributed by atoms with Crippen LogP contribution in [0.25, 0.3) is 0 Å². The van der Waals surface area contributed by atoms with Crippen LogP contribution in [0, 0.1) is 5.82 Å². The van der Waals surface area contributed by atoms with E-state index in [0.29, 0.717) is 18.9 Å². The quantitative estimate of drug-likeness (QED) is 0.854. The summed E-state index contributed by atoms with van der Waals surface area (Å²) in [5.41, 5.74) is 7.09. The van der Waals surface area contributed by atoms with E-state index in [4.69, 9.17) is 10.5 Å². The molecule has 0 aromatic heterocycles. The van der Waals surface area contributed by atoms with Crippen LogP contribution in [-0.4, -0.2) is 23.9 Å². The fourth-order valence-corrected chi connectivity index (χ4v) is 2.17. The average molecular weight is 316 g/mol. The smallest absolute Gasteiger partial charge is 0.234 e. The van der Waals surface area contributed by atoms with Gasteiger partial charge in [0.05, 0.1) is 6.04 Å². The van der Waals surface area contributed by atoms with Crippen molar-refractivity contribution in [3.63, 3.8) is 0 Å². The number of carbonyl (C=O) groups excluding carboxylic acids is 1. The second-order valence-corrected chi connectivity index (χ2v) is 5.56. The summed E-state index contributed by atoms with van der Waals surface area (Å²) in [6.07, 6.45) is 0. The number of benzene rings is 2. The number of nitrogens with two attached hydrogens (primary N) is 1. The number of primary amides is 1. The zero-order valence-corrected chi connectivity index (χ0v) is 13.3. The minimum Gasteiger partial charge on any atom is -0.489 e. The highest BCUT2D eigenvalue weighted by atomic mass is 19.1. The summed E-state index contributed by atoms with van der Waals surface area (Å²) in [5, 5.41) is 0. The maximum atomic E-state index is 13.1. The Labute approximate surface area is 135 Å². The summed E-state index contributed by atoms with van der Waals surface area (Å²) in [4.78, 5) is 13.1. The largest absolute Gasteiger partial charge is 0.489 e. The van der Waals surface area contributed by atoms with Gasteiger partial charge in [0, 0.05) is 6.54 Å². The molecule has 1 amide bonds. The molecule has 23 heavy (non-hydrogen) atoms. The number of likely N-dealkylation sites (N-methyl/N-ethyl adjacent to an activating group) is 1. The summed E-state index contributed by atoms with van der Waals surface area (Å²) >= 11 is 0. The molecule has 0 saturated carbocycles. The van der Waals surface area contributed by atoms with Gasteiger partial charge in [-0.15, -0.1) is 0 Å². The molecule has 1 atom stereocenters. The van der Waals surface area contributed by atoms with Crippen LogP contribution in [0.3, 0.4) is 0 Å². The predicted octanol–water partition coefficient (Wildman–Crippen LogP) is 2.71. The second kappa shape index (κ2) is 7.74. The van der Waals surface area contributed by atoms with Crippen LogP contribution < -0.4 is 10.5 Å². The maximum Gasteiger partial charge on any atom is 0.234 e. The van der Waals surface area contributed by atoms with Crippen LogP contribution in [0.15, 0.2) is 48.5 Å². The minimum absolute atomic E-state index is 0.276. The van der Waals surface area contributed by atoms with Gasteiger partial charge in [0.25, 0.3) is 0 Å². The normalized spacial score (nSPS) is 12.2. The van der Waals surface area contributed by atoms with E-state index in [0.717, 1.165) is 11.1 Å². The van der Waals surface area contributed by atoms with E-state index in [-0.39, 0.29) is 17.8 Å². The highest BCUT2D eigenvalue weighted by Gasteiger charge is 2.14. The Balaban J connectivity index is 1.98. The van der Waals surface area contributed by atoms with Gasteiger partial charge in [0.2, 0.25) is 5.91 Å². The van der Waals surface area contributed by atoms with Crippen molar-refractivity contribution >= 4 is 5.91 Å². The standard InChI is InChI=1S/C18H21FN2O2/c1-13(18(20)22)21(2)11-14-5-4-8-17(10-14)23-12-15-6-3-7-16(19)9-15/h3-10,13H,11-12H2,1-2H3,(H2,20,22). The van der Waals surface area contributed by atoms with Crippen molar-refractivity contribution in [2.24, 2.45) is 5.73 Å². The molecule has 0 radical (unpaired) electrons. The lowest BCUT2D eigenvalue weighted by molar-refractivity contribution is -0.122. The molecule has 0 saturated heterocycles. The SMILES string of the molecule is CC(C(N)=O)N(C)Cc1cccc(OCc2cccc(F)c2)c1. The predicted molar refractivity (Wildman–Crippen MR) is 87.3 cm³/mol. The van der Waals surface area contributed by atoms with Crippen molar-refractivity contribution in [2.45, 2.75) is 26.1 Å². The number of hydrogen-bond acceptors (Lipinski definition) is 3. The Morgan fingerprint density at radius 2 is 1.91 bits per heavy atom. The van der Waals surface area contributed by atoms with E-state index in [1.165, 1.54) is 12.1 Å². The molecule has 2 aromatic carbocycles. The number of hydrogen-bond donors (Lipinski definition) is 1. The van der Waals surface area contributed by atoms with Crippen LogP contribution in [0.5, 0.6) is 5.75 Å². The first-order valence-electron chi connectivity index (χ1n) is 7.41. The van der Waals surface area contributed by atoms with E-state index in [2.05, 4.69) is 0 Å². The molecule has 1 unspecified atom stereocenters. The fourth-order valence-electron chi connectivity index (χ4n) is 2.17. The Bertz CT molecular complexity index is 676. The topological polar surface area (TPSA) is 55.6 Å². The van der Waals surface area contributed by atoms with Crippen LogP contribution in [-0.2, 0) is 17.9 Å². The molecule has 2 aromatic rings. The number of ether oxygens (including phenoxy) is 1. The molecule has 0 heterocycles. The molecule has 0 spiro atoms. The molecule has 2 N–H and O–H groups in total. The van der Waals surface area contributed by atoms with Gasteiger partial charge < -0.3 is 10.5 Å². The van der Waals surface area contributed by atoms with E-state index < -0.39 is 0 Å². The molecule has 0 bridgehead atoms. The van der Waals surface area contributed by atoms with Crippen LogP contribution >= 0.6 is 0 Å². The Morgan fingerprint density at radius 1 is 1.22 bits per heavy atom. The maximum absolute atomic E-state index is 13.1. The van der Waals surface area contributed by atoms with Crippen LogP contribution in [0.2, 0.25) is 0 Å². The number of nitrogens with zero attached hydrogens (tertiary/aromatic N) is 1. The van der Waals surface area contributed by atoms with Crippen molar-refractivity contribution in [3.05, 3.63) is 65.5 Å². The zero-order chi connectivity index (χ0) is 16.8. The zero-order valence-electron chi connectivity index (χ0n) is 13.3. The Hall–Kier alpha value is -2.40. The third kappa shape index (κ3) is 5.07. The highest BCUT2D eigenvalue weighted by molar-refractivity contribution is 5.79. The number of rotatable bonds is 7. The molecule has 0 aliphatic heterocycles. The summed E-state index contributed by atoms with van der Waals surface area (Å²) in [7, 11) is 1.84. The Morgan fingerprint density at radius 3 is 2.61 bits per heavy atom. The lowest BCUT2D eigenvalue weighted by Gasteiger charge is -2.22. The molecular weight excluding hydrogens is 295 g/mol. The van der Waals surface area contributed by atoms with Gasteiger partial charge in [0.15, 0.2) is 0 Å². The van der Waals surface area contributed by atoms with Gasteiger partial charge in [0.1, 0.15) is 18.2 Å². The van der Waals surface area contributed by atoms with Gasteiger partial charge in [-0.1, -0.05) is 24.3 Å². The van der Waals surface area contributed by atoms with Crippen LogP contribution in [0.4, 0.5) is 4.39 Å². The summed E-state index contributed by atoms with van der Waals surface area (Å²) < 4.78 is 18.8. The van der Waals surface area contributed by atoms with Crippen molar-refractivity contribution in [2.75, 3.05) is 7.05 Å². The van der Waals surface area contributed by atoms with Crippen molar-refractivity contribution in [1.29, 1.82) is 0 Å². The van der Waals surface area contributed by atoms with Crippen molar-refractivity contribution in [3.8, 4) is 5.75 Å². The molecule has 4 nitrogen and oxygen atoms in total. The van der Waals surface area contributed by atoms with Crippen LogP contribution in [0.1, 0.15) is 18.1 Å². The van der Waals surface area contributed by atoms with Gasteiger partial charge in [-0.05, 0) is 49.4 Å². The molecule has 2 rings (SSSR count). The number of amides is 1. The third-order valence-electron chi connectivity index (χ3n) is 3.70. The summed E-state index contributed by atoms with van der Waals surface area (Å²) in [5.74, 6) is 0.0693. The van der Waals surface area contributed by atoms with Gasteiger partial charge in [-0.2, -0.15) is 0 Å². The van der Waals surface area contributed by atoms with E-state index in [9.17, 15) is 9.18 Å². The molecule has 5 heteroatoms. The highest BCUT2D eigenvalue weighted by Crippen LogP contribution is 2.17. The second-order valence-electron chi connectivity index (χ2n) is 5.56. The van der Waals surface area contributed by atoms with Crippen molar-refractivity contribution in [1.82, 2.24) is 4.90 Å². The first kappa shape index (κ1) is 17.0. The van der Waals surface area contributed by atoms with E-state index in [1.807, 2.05) is 42.3 Å². The molecular formula is C18H21FN2O2. The van der Waals surface area contributed by atoms with E-state index >= 15 is 0 Å². The lowest BCUT2D eigenvalue weighted by atomic mass is 10.1. The summed E-state index contributed by atoms with van der Waals surface area (Å²) in [6.45, 7) is 2.66. The van der Waals surface area contributed by atoms with Gasteiger partial charge in [-0.25, -0.2) is 4.39 Å². The van der Waals surface area contributed by atoms with Gasteiger partial charge in [-0.3, -0.25) is 9.69 Å². The monoisotopic (exact) mass is 316 g/mol. The first-order chi connectivity index (χ1) is 11.0. The Kier molecular flexibility index (Phi) is 5.71. The number of carbonyl (C=O) groups is 1. The van der Waals surface area contributed by atoms with E-state index in [1.54, 1.807) is 13.0 Å². The average Bonchev–Trinajstić information content (AvgIpc) is 2.52. The molecule has 0 aliphatic rings. The minimum atomic E-state index is -0.356.